The summed E-state index contributed by atoms with van der Waals surface area (Å²) in [5.41, 5.74) is 0.143. The van der Waals surface area contributed by atoms with E-state index in [2.05, 4.69) is 6.92 Å². The predicted octanol–water partition coefficient (Wildman–Crippen LogP) is 1.71. The van der Waals surface area contributed by atoms with Crippen molar-refractivity contribution < 1.29 is 14.3 Å². The molecule has 0 unspecified atom stereocenters. The summed E-state index contributed by atoms with van der Waals surface area (Å²) in [5, 5.41) is 8.40. The summed E-state index contributed by atoms with van der Waals surface area (Å²) >= 11 is 0. The number of carboxylic acids is 1. The molecule has 0 heterocycles. The van der Waals surface area contributed by atoms with Crippen LogP contribution in [-0.4, -0.2) is 11.1 Å². The molecule has 1 aromatic rings. The molecular weight excluding hydrogens is 147 g/mol. The van der Waals surface area contributed by atoms with E-state index in [0.29, 0.717) is 5.56 Å². The smallest absolute Gasteiger partial charge is 0.338 e. The monoisotopic (exact) mass is 153 g/mol. The fourth-order valence-electron chi connectivity index (χ4n) is 0.732. The molecule has 0 amide bonds. The first-order valence-electron chi connectivity index (χ1n) is 2.96. The van der Waals surface area contributed by atoms with Gasteiger partial charge in [0.1, 0.15) is 5.82 Å². The van der Waals surface area contributed by atoms with Gasteiger partial charge in [-0.2, -0.15) is 0 Å². The summed E-state index contributed by atoms with van der Waals surface area (Å²) in [5.74, 6) is -2.01. The van der Waals surface area contributed by atoms with Crippen LogP contribution in [0.5, 0.6) is 0 Å². The minimum Gasteiger partial charge on any atom is -0.478 e. The number of aromatic carboxylic acids is 1. The molecule has 0 atom stereocenters. The lowest BCUT2D eigenvalue weighted by molar-refractivity contribution is 0.0692. The van der Waals surface area contributed by atoms with Gasteiger partial charge in [0.15, 0.2) is 0 Å². The van der Waals surface area contributed by atoms with Crippen LogP contribution in [0.1, 0.15) is 15.9 Å². The normalized spacial score (nSPS) is 9.64. The maximum Gasteiger partial charge on any atom is 0.338 e. The topological polar surface area (TPSA) is 37.3 Å². The molecule has 0 fully saturated rings. The highest BCUT2D eigenvalue weighted by molar-refractivity contribution is 5.87. The van der Waals surface area contributed by atoms with Gasteiger partial charge in [-0.15, -0.1) is 0 Å². The summed E-state index contributed by atoms with van der Waals surface area (Å²) in [4.78, 5) is 10.3. The maximum atomic E-state index is 12.7. The summed E-state index contributed by atoms with van der Waals surface area (Å²) in [6, 6.07) is 3.73. The van der Waals surface area contributed by atoms with Crippen molar-refractivity contribution in [2.75, 3.05) is 0 Å². The molecule has 0 aromatic heterocycles. The van der Waals surface area contributed by atoms with Gasteiger partial charge >= 0.3 is 5.97 Å². The zero-order valence-electron chi connectivity index (χ0n) is 5.67. The molecule has 1 radical (unpaired) electrons. The van der Waals surface area contributed by atoms with Crippen molar-refractivity contribution in [3.05, 3.63) is 42.1 Å². The third-order valence-electron chi connectivity index (χ3n) is 1.26. The minimum absolute atomic E-state index is 0.322. The molecule has 0 spiro atoms. The number of hydrogen-bond donors (Lipinski definition) is 1. The SMILES string of the molecule is [CH2]c1ccc(C(=O)O)c(F)c1. The number of halogens is 1. The number of carbonyl (C=O) groups is 1. The van der Waals surface area contributed by atoms with E-state index in [1.54, 1.807) is 0 Å². The maximum absolute atomic E-state index is 12.7. The number of hydrogen-bond acceptors (Lipinski definition) is 1. The summed E-state index contributed by atoms with van der Waals surface area (Å²) < 4.78 is 12.7. The van der Waals surface area contributed by atoms with Gasteiger partial charge < -0.3 is 5.11 Å². The highest BCUT2D eigenvalue weighted by Gasteiger charge is 2.08. The largest absolute Gasteiger partial charge is 0.478 e. The second-order valence-electron chi connectivity index (χ2n) is 2.12. The number of carboxylic acid groups (broad SMARTS) is 1. The molecule has 3 heteroatoms. The van der Waals surface area contributed by atoms with Crippen LogP contribution in [0.25, 0.3) is 0 Å². The Kier molecular flexibility index (Phi) is 1.89. The summed E-state index contributed by atoms with van der Waals surface area (Å²) in [7, 11) is 0. The second-order valence-corrected chi connectivity index (χ2v) is 2.12. The fourth-order valence-corrected chi connectivity index (χ4v) is 0.732. The van der Waals surface area contributed by atoms with Crippen molar-refractivity contribution in [3.63, 3.8) is 0 Å². The molecular formula is C8H6FO2. The average molecular weight is 153 g/mol. The van der Waals surface area contributed by atoms with E-state index in [-0.39, 0.29) is 5.56 Å². The highest BCUT2D eigenvalue weighted by atomic mass is 19.1. The Bertz CT molecular complexity index is 294. The van der Waals surface area contributed by atoms with Crippen LogP contribution in [0.15, 0.2) is 18.2 Å². The van der Waals surface area contributed by atoms with E-state index < -0.39 is 11.8 Å². The Balaban J connectivity index is 3.20. The van der Waals surface area contributed by atoms with Crippen LogP contribution in [0.3, 0.4) is 0 Å². The Morgan fingerprint density at radius 2 is 2.18 bits per heavy atom. The Labute approximate surface area is 63.3 Å². The summed E-state index contributed by atoms with van der Waals surface area (Å²) in [6.45, 7) is 3.45. The van der Waals surface area contributed by atoms with Crippen LogP contribution in [0.4, 0.5) is 4.39 Å². The number of benzene rings is 1. The van der Waals surface area contributed by atoms with Crippen LogP contribution in [0, 0.1) is 12.7 Å². The Morgan fingerprint density at radius 1 is 1.55 bits per heavy atom. The van der Waals surface area contributed by atoms with Gasteiger partial charge in [-0.05, 0) is 24.6 Å². The number of rotatable bonds is 1. The minimum atomic E-state index is -1.26. The van der Waals surface area contributed by atoms with Gasteiger partial charge in [-0.3, -0.25) is 0 Å². The zero-order valence-corrected chi connectivity index (χ0v) is 5.67. The highest BCUT2D eigenvalue weighted by Crippen LogP contribution is 2.08. The van der Waals surface area contributed by atoms with Crippen molar-refractivity contribution in [1.82, 2.24) is 0 Å². The van der Waals surface area contributed by atoms with E-state index in [1.807, 2.05) is 0 Å². The Morgan fingerprint density at radius 3 is 2.64 bits per heavy atom. The third kappa shape index (κ3) is 1.55. The molecule has 57 valence electrons. The van der Waals surface area contributed by atoms with Gasteiger partial charge in [-0.25, -0.2) is 9.18 Å². The van der Waals surface area contributed by atoms with Gasteiger partial charge in [0.25, 0.3) is 0 Å². The van der Waals surface area contributed by atoms with Crippen LogP contribution >= 0.6 is 0 Å². The molecule has 0 aliphatic carbocycles. The fraction of sp³-hybridized carbons (Fsp3) is 0. The van der Waals surface area contributed by atoms with Crippen molar-refractivity contribution in [3.8, 4) is 0 Å². The molecule has 0 saturated heterocycles. The first-order chi connectivity index (χ1) is 5.11. The van der Waals surface area contributed by atoms with Crippen molar-refractivity contribution in [1.29, 1.82) is 0 Å². The molecule has 0 saturated carbocycles. The van der Waals surface area contributed by atoms with Crippen molar-refractivity contribution in [2.24, 2.45) is 0 Å². The van der Waals surface area contributed by atoms with E-state index in [4.69, 9.17) is 5.11 Å². The molecule has 2 nitrogen and oxygen atoms in total. The quantitative estimate of drug-likeness (QED) is 0.666. The molecule has 0 aliphatic heterocycles. The van der Waals surface area contributed by atoms with E-state index in [0.717, 1.165) is 6.07 Å². The lowest BCUT2D eigenvalue weighted by Gasteiger charge is -1.96. The summed E-state index contributed by atoms with van der Waals surface area (Å²) in [6.07, 6.45) is 0. The first-order valence-corrected chi connectivity index (χ1v) is 2.96. The first kappa shape index (κ1) is 7.72. The van der Waals surface area contributed by atoms with Gasteiger partial charge in [-0.1, -0.05) is 6.07 Å². The molecule has 11 heavy (non-hydrogen) atoms. The van der Waals surface area contributed by atoms with Crippen LogP contribution < -0.4 is 0 Å². The van der Waals surface area contributed by atoms with Gasteiger partial charge in [0.05, 0.1) is 5.56 Å². The van der Waals surface area contributed by atoms with Gasteiger partial charge in [0, 0.05) is 0 Å². The average Bonchev–Trinajstić information content (AvgIpc) is 1.85. The molecule has 1 N–H and O–H groups in total. The Hall–Kier alpha value is -1.38. The lowest BCUT2D eigenvalue weighted by atomic mass is 10.1. The van der Waals surface area contributed by atoms with Crippen LogP contribution in [-0.2, 0) is 0 Å². The third-order valence-corrected chi connectivity index (χ3v) is 1.26. The standard InChI is InChI=1S/C8H6FO2/c1-5-2-3-6(8(10)11)7(9)4-5/h2-4H,1H2,(H,10,11). The molecule has 0 bridgehead atoms. The van der Waals surface area contributed by atoms with E-state index >= 15 is 0 Å². The predicted molar refractivity (Wildman–Crippen MR) is 37.8 cm³/mol. The molecule has 1 aromatic carbocycles. The zero-order chi connectivity index (χ0) is 8.43. The van der Waals surface area contributed by atoms with E-state index in [9.17, 15) is 9.18 Å². The lowest BCUT2D eigenvalue weighted by Crippen LogP contribution is -1.99. The van der Waals surface area contributed by atoms with Crippen molar-refractivity contribution in [2.45, 2.75) is 0 Å². The van der Waals surface area contributed by atoms with Crippen LogP contribution in [0.2, 0.25) is 0 Å². The second kappa shape index (κ2) is 2.70. The molecule has 0 aliphatic rings. The molecule has 1 rings (SSSR count). The van der Waals surface area contributed by atoms with Gasteiger partial charge in [0.2, 0.25) is 0 Å². The van der Waals surface area contributed by atoms with E-state index in [1.165, 1.54) is 12.1 Å². The van der Waals surface area contributed by atoms with Crippen molar-refractivity contribution >= 4 is 5.97 Å².